The number of carbonyl (C=O) groups excluding carboxylic acids is 2. The highest BCUT2D eigenvalue weighted by Gasteiger charge is 2.18. The summed E-state index contributed by atoms with van der Waals surface area (Å²) in [5.74, 6) is -0.532. The first kappa shape index (κ1) is 15.8. The minimum absolute atomic E-state index is 0.163. The Balaban J connectivity index is 1.99. The predicted molar refractivity (Wildman–Crippen MR) is 83.6 cm³/mol. The molecular formula is C17H20N2O3. The molecule has 0 spiro atoms. The first-order valence-corrected chi connectivity index (χ1v) is 7.08. The molecule has 2 N–H and O–H groups in total. The fourth-order valence-corrected chi connectivity index (χ4v) is 1.89. The van der Waals surface area contributed by atoms with Crippen molar-refractivity contribution in [2.75, 3.05) is 0 Å². The molecule has 1 aromatic heterocycles. The van der Waals surface area contributed by atoms with Gasteiger partial charge in [-0.3, -0.25) is 4.79 Å². The van der Waals surface area contributed by atoms with Gasteiger partial charge in [0.15, 0.2) is 0 Å². The number of aromatic amines is 1. The molecule has 5 nitrogen and oxygen atoms in total. The Kier molecular flexibility index (Phi) is 4.65. The molecule has 0 atom stereocenters. The highest BCUT2D eigenvalue weighted by molar-refractivity contribution is 5.94. The van der Waals surface area contributed by atoms with Gasteiger partial charge in [0, 0.05) is 18.9 Å². The van der Waals surface area contributed by atoms with E-state index in [-0.39, 0.29) is 11.9 Å². The summed E-state index contributed by atoms with van der Waals surface area (Å²) in [7, 11) is 0. The molecule has 0 bridgehead atoms. The van der Waals surface area contributed by atoms with Crippen LogP contribution in [0.2, 0.25) is 0 Å². The molecule has 1 heterocycles. The summed E-state index contributed by atoms with van der Waals surface area (Å²) >= 11 is 0. The number of H-pyrrole nitrogens is 1. The van der Waals surface area contributed by atoms with Gasteiger partial charge in [0.1, 0.15) is 5.60 Å². The fraction of sp³-hybridized carbons (Fsp3) is 0.294. The van der Waals surface area contributed by atoms with Crippen LogP contribution in [0.5, 0.6) is 0 Å². The van der Waals surface area contributed by atoms with Crippen molar-refractivity contribution in [3.05, 3.63) is 59.4 Å². The molecule has 1 amide bonds. The minimum atomic E-state index is -0.532. The fourth-order valence-electron chi connectivity index (χ4n) is 1.89. The molecule has 5 heteroatoms. The van der Waals surface area contributed by atoms with Gasteiger partial charge in [-0.15, -0.1) is 0 Å². The highest BCUT2D eigenvalue weighted by Crippen LogP contribution is 2.13. The standard InChI is InChI=1S/C17H20N2O3/c1-17(2,3)22-16(21)13-6-4-5-12(9-13)10-19-15(20)14-7-8-18-11-14/h4-9,11,18H,10H2,1-3H3,(H,19,20). The molecular weight excluding hydrogens is 280 g/mol. The van der Waals surface area contributed by atoms with Crippen LogP contribution in [0.25, 0.3) is 0 Å². The van der Waals surface area contributed by atoms with Crippen molar-refractivity contribution in [2.24, 2.45) is 0 Å². The number of rotatable bonds is 4. The Morgan fingerprint density at radius 1 is 1.18 bits per heavy atom. The summed E-state index contributed by atoms with van der Waals surface area (Å²) in [6, 6.07) is 8.76. The topological polar surface area (TPSA) is 71.2 Å². The lowest BCUT2D eigenvalue weighted by molar-refractivity contribution is 0.00693. The molecule has 0 aliphatic carbocycles. The van der Waals surface area contributed by atoms with Gasteiger partial charge in [-0.1, -0.05) is 12.1 Å². The van der Waals surface area contributed by atoms with Crippen molar-refractivity contribution in [2.45, 2.75) is 32.9 Å². The molecule has 2 aromatic rings. The molecule has 0 aliphatic rings. The number of amides is 1. The second kappa shape index (κ2) is 6.47. The average Bonchev–Trinajstić information content (AvgIpc) is 2.97. The summed E-state index contributed by atoms with van der Waals surface area (Å²) in [6.07, 6.45) is 3.32. The zero-order valence-corrected chi connectivity index (χ0v) is 13.0. The number of ether oxygens (including phenoxy) is 1. The summed E-state index contributed by atoms with van der Waals surface area (Å²) in [5.41, 5.74) is 1.36. The van der Waals surface area contributed by atoms with Crippen molar-refractivity contribution >= 4 is 11.9 Å². The molecule has 0 saturated carbocycles. The van der Waals surface area contributed by atoms with E-state index in [9.17, 15) is 9.59 Å². The van der Waals surface area contributed by atoms with E-state index in [1.165, 1.54) is 0 Å². The number of esters is 1. The average molecular weight is 300 g/mol. The molecule has 0 radical (unpaired) electrons. The van der Waals surface area contributed by atoms with Gasteiger partial charge in [-0.05, 0) is 44.5 Å². The molecule has 0 unspecified atom stereocenters. The van der Waals surface area contributed by atoms with Crippen molar-refractivity contribution < 1.29 is 14.3 Å². The molecule has 2 rings (SSSR count). The van der Waals surface area contributed by atoms with E-state index in [0.29, 0.717) is 17.7 Å². The summed E-state index contributed by atoms with van der Waals surface area (Å²) in [4.78, 5) is 26.7. The van der Waals surface area contributed by atoms with Gasteiger partial charge in [0.05, 0.1) is 11.1 Å². The number of nitrogens with one attached hydrogen (secondary N) is 2. The van der Waals surface area contributed by atoms with Gasteiger partial charge in [-0.25, -0.2) is 4.79 Å². The van der Waals surface area contributed by atoms with E-state index in [2.05, 4.69) is 10.3 Å². The number of benzene rings is 1. The number of hydrogen-bond donors (Lipinski definition) is 2. The van der Waals surface area contributed by atoms with Crippen LogP contribution in [0.3, 0.4) is 0 Å². The first-order valence-electron chi connectivity index (χ1n) is 7.08. The van der Waals surface area contributed by atoms with E-state index < -0.39 is 5.60 Å². The Morgan fingerprint density at radius 3 is 2.59 bits per heavy atom. The first-order chi connectivity index (χ1) is 10.3. The van der Waals surface area contributed by atoms with Crippen LogP contribution in [-0.4, -0.2) is 22.5 Å². The lowest BCUT2D eigenvalue weighted by atomic mass is 10.1. The predicted octanol–water partition coefficient (Wildman–Crippen LogP) is 2.90. The lowest BCUT2D eigenvalue weighted by Gasteiger charge is -2.19. The maximum Gasteiger partial charge on any atom is 0.338 e. The summed E-state index contributed by atoms with van der Waals surface area (Å²) in [5, 5.41) is 2.80. The van der Waals surface area contributed by atoms with E-state index in [1.807, 2.05) is 26.8 Å². The van der Waals surface area contributed by atoms with Crippen LogP contribution in [0.4, 0.5) is 0 Å². The van der Waals surface area contributed by atoms with Gasteiger partial charge in [0.25, 0.3) is 5.91 Å². The van der Waals surface area contributed by atoms with Crippen molar-refractivity contribution in [1.82, 2.24) is 10.3 Å². The third kappa shape index (κ3) is 4.48. The van der Waals surface area contributed by atoms with Crippen LogP contribution in [0.15, 0.2) is 42.7 Å². The third-order valence-electron chi connectivity index (χ3n) is 2.87. The molecule has 1 aromatic carbocycles. The monoisotopic (exact) mass is 300 g/mol. The molecule has 0 fully saturated rings. The van der Waals surface area contributed by atoms with Gasteiger partial charge in [0.2, 0.25) is 0 Å². The largest absolute Gasteiger partial charge is 0.456 e. The highest BCUT2D eigenvalue weighted by atomic mass is 16.6. The normalized spacial score (nSPS) is 11.0. The number of hydrogen-bond acceptors (Lipinski definition) is 3. The van der Waals surface area contributed by atoms with Crippen molar-refractivity contribution in [3.63, 3.8) is 0 Å². The van der Waals surface area contributed by atoms with Crippen molar-refractivity contribution in [3.8, 4) is 0 Å². The number of aromatic nitrogens is 1. The van der Waals surface area contributed by atoms with Gasteiger partial charge in [-0.2, -0.15) is 0 Å². The maximum absolute atomic E-state index is 12.0. The third-order valence-corrected chi connectivity index (χ3v) is 2.87. The lowest BCUT2D eigenvalue weighted by Crippen LogP contribution is -2.24. The van der Waals surface area contributed by atoms with Crippen LogP contribution < -0.4 is 5.32 Å². The zero-order valence-electron chi connectivity index (χ0n) is 13.0. The second-order valence-corrected chi connectivity index (χ2v) is 5.98. The molecule has 0 aliphatic heterocycles. The van der Waals surface area contributed by atoms with E-state index >= 15 is 0 Å². The molecule has 116 valence electrons. The minimum Gasteiger partial charge on any atom is -0.456 e. The molecule has 22 heavy (non-hydrogen) atoms. The Bertz CT molecular complexity index is 655. The van der Waals surface area contributed by atoms with E-state index in [1.54, 1.807) is 36.7 Å². The summed E-state index contributed by atoms with van der Waals surface area (Å²) < 4.78 is 5.33. The quantitative estimate of drug-likeness (QED) is 0.853. The maximum atomic E-state index is 12.0. The Labute approximate surface area is 129 Å². The van der Waals surface area contributed by atoms with Crippen LogP contribution in [0, 0.1) is 0 Å². The SMILES string of the molecule is CC(C)(C)OC(=O)c1cccc(CNC(=O)c2cc[nH]c2)c1. The Morgan fingerprint density at radius 2 is 1.95 bits per heavy atom. The van der Waals surface area contributed by atoms with Crippen LogP contribution >= 0.6 is 0 Å². The van der Waals surface area contributed by atoms with E-state index in [0.717, 1.165) is 5.56 Å². The zero-order chi connectivity index (χ0) is 16.2. The molecule has 0 saturated heterocycles. The smallest absolute Gasteiger partial charge is 0.338 e. The number of carbonyl (C=O) groups is 2. The van der Waals surface area contributed by atoms with E-state index in [4.69, 9.17) is 4.74 Å². The van der Waals surface area contributed by atoms with Crippen LogP contribution in [-0.2, 0) is 11.3 Å². The van der Waals surface area contributed by atoms with Crippen LogP contribution in [0.1, 0.15) is 47.1 Å². The van der Waals surface area contributed by atoms with Crippen molar-refractivity contribution in [1.29, 1.82) is 0 Å². The summed E-state index contributed by atoms with van der Waals surface area (Å²) in [6.45, 7) is 5.82. The Hall–Kier alpha value is -2.56. The van der Waals surface area contributed by atoms with Gasteiger partial charge < -0.3 is 15.0 Å². The van der Waals surface area contributed by atoms with Gasteiger partial charge >= 0.3 is 5.97 Å². The second-order valence-electron chi connectivity index (χ2n) is 5.98.